The van der Waals surface area contributed by atoms with Crippen molar-refractivity contribution in [2.75, 3.05) is 23.9 Å². The summed E-state index contributed by atoms with van der Waals surface area (Å²) in [5, 5.41) is 6.30. The molecule has 0 aliphatic carbocycles. The highest BCUT2D eigenvalue weighted by Crippen LogP contribution is 2.44. The zero-order valence-electron chi connectivity index (χ0n) is 15.6. The molecule has 2 aliphatic heterocycles. The lowest BCUT2D eigenvalue weighted by molar-refractivity contribution is 0.0963. The fraction of sp³-hybridized carbons (Fsp3) is 0.364. The van der Waals surface area contributed by atoms with Crippen LogP contribution in [0.25, 0.3) is 0 Å². The number of benzene rings is 2. The van der Waals surface area contributed by atoms with E-state index >= 15 is 0 Å². The Bertz CT molecular complexity index is 854. The zero-order valence-corrected chi connectivity index (χ0v) is 16.4. The summed E-state index contributed by atoms with van der Waals surface area (Å²) in [5.41, 5.74) is 4.53. The van der Waals surface area contributed by atoms with Gasteiger partial charge in [0.2, 0.25) is 0 Å². The van der Waals surface area contributed by atoms with Crippen molar-refractivity contribution < 1.29 is 4.79 Å². The fourth-order valence-corrected chi connectivity index (χ4v) is 5.24. The summed E-state index contributed by atoms with van der Waals surface area (Å²) in [6.07, 6.45) is 3.42. The Hall–Kier alpha value is -2.27. The number of amidine groups is 1. The summed E-state index contributed by atoms with van der Waals surface area (Å²) >= 11 is 2.05. The molecule has 0 atom stereocenters. The van der Waals surface area contributed by atoms with E-state index in [1.165, 1.54) is 35.6 Å². The molecule has 1 fully saturated rings. The Balaban J connectivity index is 1.59. The summed E-state index contributed by atoms with van der Waals surface area (Å²) in [6.45, 7) is 0.632. The Labute approximate surface area is 164 Å². The highest BCUT2D eigenvalue weighted by molar-refractivity contribution is 7.99. The minimum atomic E-state index is -0.0583. The molecule has 2 aromatic carbocycles. The molecule has 4 rings (SSSR count). The Morgan fingerprint density at radius 3 is 2.63 bits per heavy atom. The normalized spacial score (nSPS) is 19.4. The van der Waals surface area contributed by atoms with Crippen molar-refractivity contribution in [3.63, 3.8) is 0 Å². The van der Waals surface area contributed by atoms with Crippen molar-refractivity contribution in [1.82, 2.24) is 5.32 Å². The molecule has 0 radical (unpaired) electrons. The summed E-state index contributed by atoms with van der Waals surface area (Å²) in [5.74, 6) is 3.47. The first kappa shape index (κ1) is 18.1. The third kappa shape index (κ3) is 3.74. The molecule has 0 bridgehead atoms. The van der Waals surface area contributed by atoms with Gasteiger partial charge in [0.05, 0.1) is 6.54 Å². The third-order valence-corrected chi connectivity index (χ3v) is 6.60. The van der Waals surface area contributed by atoms with Gasteiger partial charge in [0.25, 0.3) is 5.91 Å². The smallest absolute Gasteiger partial charge is 0.251 e. The predicted octanol–water partition coefficient (Wildman–Crippen LogP) is 4.13. The quantitative estimate of drug-likeness (QED) is 0.843. The lowest BCUT2D eigenvalue weighted by atomic mass is 9.73. The molecule has 2 aliphatic rings. The number of amides is 1. The highest BCUT2D eigenvalue weighted by Gasteiger charge is 2.41. The molecule has 2 aromatic rings. The fourth-order valence-electron chi connectivity index (χ4n) is 3.96. The van der Waals surface area contributed by atoms with Crippen molar-refractivity contribution in [3.05, 3.63) is 65.2 Å². The summed E-state index contributed by atoms with van der Waals surface area (Å²) < 4.78 is 0. The number of fused-ring (bicyclic) bond motifs is 1. The standard InChI is InChI=1S/C22H25N3OS/c1-23-20(26)17-8-6-16(7-9-17)15-24-21-22(10-12-27-13-11-22)14-18-4-2-3-5-19(18)25-21/h2-9H,10-15H2,1H3,(H,23,26)(H,24,25). The second-order valence-electron chi connectivity index (χ2n) is 7.29. The van der Waals surface area contributed by atoms with Gasteiger partial charge in [-0.05, 0) is 60.1 Å². The van der Waals surface area contributed by atoms with Gasteiger partial charge in [-0.15, -0.1) is 0 Å². The van der Waals surface area contributed by atoms with Crippen LogP contribution < -0.4 is 10.6 Å². The molecule has 1 spiro atoms. The van der Waals surface area contributed by atoms with E-state index in [1.54, 1.807) is 7.05 Å². The number of aliphatic imine (C=N–C) groups is 1. The van der Waals surface area contributed by atoms with E-state index in [0.717, 1.165) is 17.8 Å². The molecule has 4 nitrogen and oxygen atoms in total. The van der Waals surface area contributed by atoms with Crippen LogP contribution >= 0.6 is 11.8 Å². The van der Waals surface area contributed by atoms with Crippen LogP contribution in [0, 0.1) is 5.41 Å². The first-order valence-electron chi connectivity index (χ1n) is 9.49. The molecule has 1 amide bonds. The van der Waals surface area contributed by atoms with Crippen LogP contribution in [0.3, 0.4) is 0 Å². The van der Waals surface area contributed by atoms with Crippen LogP contribution in [0.15, 0.2) is 53.5 Å². The van der Waals surface area contributed by atoms with E-state index in [0.29, 0.717) is 12.1 Å². The van der Waals surface area contributed by atoms with Gasteiger partial charge in [-0.1, -0.05) is 30.3 Å². The first-order valence-corrected chi connectivity index (χ1v) is 10.6. The largest absolute Gasteiger partial charge is 0.355 e. The molecular weight excluding hydrogens is 354 g/mol. The average Bonchev–Trinajstić information content (AvgIpc) is 2.72. The van der Waals surface area contributed by atoms with Crippen molar-refractivity contribution in [1.29, 1.82) is 0 Å². The van der Waals surface area contributed by atoms with Crippen LogP contribution in [0.1, 0.15) is 34.3 Å². The molecular formula is C22H25N3OS. The van der Waals surface area contributed by atoms with E-state index in [9.17, 15) is 4.79 Å². The van der Waals surface area contributed by atoms with Crippen molar-refractivity contribution in [2.45, 2.75) is 25.8 Å². The summed E-state index contributed by atoms with van der Waals surface area (Å²) in [4.78, 5) is 16.7. The van der Waals surface area contributed by atoms with Crippen molar-refractivity contribution in [3.8, 4) is 0 Å². The minimum absolute atomic E-state index is 0.0583. The second kappa shape index (κ2) is 7.77. The lowest BCUT2D eigenvalue weighted by Gasteiger charge is -2.42. The topological polar surface area (TPSA) is 53.5 Å². The van der Waals surface area contributed by atoms with E-state index in [2.05, 4.69) is 34.9 Å². The van der Waals surface area contributed by atoms with Gasteiger partial charge < -0.3 is 10.6 Å². The number of rotatable bonds is 3. The number of thioether (sulfide) groups is 1. The van der Waals surface area contributed by atoms with E-state index in [-0.39, 0.29) is 11.3 Å². The van der Waals surface area contributed by atoms with Crippen LogP contribution in [0.5, 0.6) is 0 Å². The number of hydrogen-bond donors (Lipinski definition) is 2. The van der Waals surface area contributed by atoms with Crippen LogP contribution in [0.2, 0.25) is 0 Å². The third-order valence-electron chi connectivity index (χ3n) is 5.61. The number of nitrogens with one attached hydrogen (secondary N) is 2. The van der Waals surface area contributed by atoms with Crippen molar-refractivity contribution in [2.24, 2.45) is 10.4 Å². The van der Waals surface area contributed by atoms with E-state index < -0.39 is 0 Å². The number of nitrogens with zero attached hydrogens (tertiary/aromatic N) is 1. The number of carbonyl (C=O) groups is 1. The van der Waals surface area contributed by atoms with Gasteiger partial charge in [0.15, 0.2) is 0 Å². The predicted molar refractivity (Wildman–Crippen MR) is 114 cm³/mol. The molecule has 0 unspecified atom stereocenters. The number of hydrogen-bond acceptors (Lipinski definition) is 3. The number of anilines is 1. The molecule has 0 saturated carbocycles. The molecule has 0 aromatic heterocycles. The van der Waals surface area contributed by atoms with Gasteiger partial charge in [-0.2, -0.15) is 11.8 Å². The number of carbonyl (C=O) groups excluding carboxylic acids is 1. The van der Waals surface area contributed by atoms with Gasteiger partial charge in [-0.25, -0.2) is 0 Å². The van der Waals surface area contributed by atoms with Gasteiger partial charge >= 0.3 is 0 Å². The zero-order chi connectivity index (χ0) is 18.7. The summed E-state index contributed by atoms with van der Waals surface area (Å²) in [6, 6.07) is 16.3. The van der Waals surface area contributed by atoms with E-state index in [4.69, 9.17) is 4.99 Å². The number of para-hydroxylation sites is 1. The van der Waals surface area contributed by atoms with Gasteiger partial charge in [-0.3, -0.25) is 9.79 Å². The molecule has 140 valence electrons. The van der Waals surface area contributed by atoms with Crippen LogP contribution in [0.4, 0.5) is 5.69 Å². The highest BCUT2D eigenvalue weighted by atomic mass is 32.2. The molecule has 27 heavy (non-hydrogen) atoms. The molecule has 2 N–H and O–H groups in total. The maximum absolute atomic E-state index is 11.7. The van der Waals surface area contributed by atoms with Gasteiger partial charge in [0.1, 0.15) is 5.84 Å². The van der Waals surface area contributed by atoms with E-state index in [1.807, 2.05) is 36.0 Å². The SMILES string of the molecule is CNC(=O)c1ccc(CN=C2Nc3ccccc3CC23CCSCC3)cc1. The Morgan fingerprint density at radius 1 is 1.15 bits per heavy atom. The van der Waals surface area contributed by atoms with Crippen molar-refractivity contribution >= 4 is 29.2 Å². The molecule has 2 heterocycles. The summed E-state index contributed by atoms with van der Waals surface area (Å²) in [7, 11) is 1.65. The van der Waals surface area contributed by atoms with Crippen LogP contribution in [-0.4, -0.2) is 30.3 Å². The average molecular weight is 380 g/mol. The maximum Gasteiger partial charge on any atom is 0.251 e. The molecule has 5 heteroatoms. The van der Waals surface area contributed by atoms with Gasteiger partial charge in [0, 0.05) is 23.7 Å². The Kier molecular flexibility index (Phi) is 5.21. The van der Waals surface area contributed by atoms with Crippen LogP contribution in [-0.2, 0) is 13.0 Å². The lowest BCUT2D eigenvalue weighted by Crippen LogP contribution is -2.44. The minimum Gasteiger partial charge on any atom is -0.355 e. The monoisotopic (exact) mass is 379 g/mol. The molecule has 1 saturated heterocycles. The second-order valence-corrected chi connectivity index (χ2v) is 8.52. The Morgan fingerprint density at radius 2 is 1.89 bits per heavy atom. The first-order chi connectivity index (χ1) is 13.2. The maximum atomic E-state index is 11.7.